The summed E-state index contributed by atoms with van der Waals surface area (Å²) < 4.78 is 40.0. The summed E-state index contributed by atoms with van der Waals surface area (Å²) >= 11 is 0. The maximum atomic E-state index is 11.3. The molecule has 0 bridgehead atoms. The molecule has 10 heteroatoms. The van der Waals surface area contributed by atoms with Crippen LogP contribution >= 0.6 is 0 Å². The molecular formula is C18H30O10. The Morgan fingerprint density at radius 3 is 1.11 bits per heavy atom. The minimum Gasteiger partial charge on any atom is -0.454 e. The lowest BCUT2D eigenvalue weighted by Crippen LogP contribution is -2.14. The van der Waals surface area contributed by atoms with Gasteiger partial charge < -0.3 is 37.9 Å². The van der Waals surface area contributed by atoms with Crippen LogP contribution in [0.5, 0.6) is 0 Å². The molecule has 0 saturated heterocycles. The number of carbonyl (C=O) groups excluding carboxylic acids is 2. The van der Waals surface area contributed by atoms with Crippen LogP contribution in [0.25, 0.3) is 0 Å². The molecule has 0 radical (unpaired) electrons. The van der Waals surface area contributed by atoms with Crippen LogP contribution in [0.2, 0.25) is 0 Å². The fraction of sp³-hybridized carbons (Fsp3) is 0.778. The van der Waals surface area contributed by atoms with Crippen LogP contribution in [0, 0.1) is 11.8 Å². The molecule has 0 aromatic carbocycles. The minimum absolute atomic E-state index is 0.0287. The van der Waals surface area contributed by atoms with Gasteiger partial charge >= 0.3 is 11.9 Å². The van der Waals surface area contributed by atoms with Crippen LogP contribution in [-0.4, -0.2) is 105 Å². The van der Waals surface area contributed by atoms with Gasteiger partial charge in [-0.25, -0.2) is 9.59 Å². The second-order valence-corrected chi connectivity index (χ2v) is 4.96. The highest BCUT2D eigenvalue weighted by atomic mass is 16.6. The van der Waals surface area contributed by atoms with Gasteiger partial charge in [-0.05, 0) is 0 Å². The zero-order valence-electron chi connectivity index (χ0n) is 16.6. The summed E-state index contributed by atoms with van der Waals surface area (Å²) in [6, 6.07) is 0. The van der Waals surface area contributed by atoms with Crippen molar-refractivity contribution in [3.63, 3.8) is 0 Å². The molecule has 0 unspecified atom stereocenters. The smallest absolute Gasteiger partial charge is 0.385 e. The third kappa shape index (κ3) is 20.6. The molecular weight excluding hydrogens is 376 g/mol. The van der Waals surface area contributed by atoms with E-state index in [1.165, 1.54) is 0 Å². The molecule has 0 spiro atoms. The van der Waals surface area contributed by atoms with Gasteiger partial charge in [-0.15, -0.1) is 0 Å². The van der Waals surface area contributed by atoms with Gasteiger partial charge in [-0.1, -0.05) is 0 Å². The van der Waals surface area contributed by atoms with Crippen molar-refractivity contribution in [2.75, 3.05) is 93.5 Å². The highest BCUT2D eigenvalue weighted by Crippen LogP contribution is 1.85. The van der Waals surface area contributed by atoms with E-state index in [9.17, 15) is 9.59 Å². The number of esters is 2. The topological polar surface area (TPSA) is 108 Å². The van der Waals surface area contributed by atoms with Crippen molar-refractivity contribution in [3.05, 3.63) is 0 Å². The molecule has 0 saturated carbocycles. The number of hydrogen-bond donors (Lipinski definition) is 0. The molecule has 0 aliphatic carbocycles. The predicted octanol–water partition coefficient (Wildman–Crippen LogP) is -0.565. The summed E-state index contributed by atoms with van der Waals surface area (Å²) in [5.74, 6) is 2.41. The van der Waals surface area contributed by atoms with E-state index in [1.807, 2.05) is 11.8 Å². The Morgan fingerprint density at radius 1 is 0.500 bits per heavy atom. The molecule has 10 nitrogen and oxygen atoms in total. The molecule has 0 aliphatic rings. The van der Waals surface area contributed by atoms with Crippen molar-refractivity contribution < 1.29 is 47.5 Å². The van der Waals surface area contributed by atoms with Gasteiger partial charge in [-0.2, -0.15) is 0 Å². The molecule has 0 fully saturated rings. The highest BCUT2D eigenvalue weighted by Gasteiger charge is 2.01. The first-order valence-corrected chi connectivity index (χ1v) is 8.85. The van der Waals surface area contributed by atoms with E-state index >= 15 is 0 Å². The Labute approximate surface area is 165 Å². The zero-order chi connectivity index (χ0) is 20.7. The number of ether oxygens (including phenoxy) is 8. The molecule has 0 heterocycles. The Bertz CT molecular complexity index is 405. The lowest BCUT2D eigenvalue weighted by molar-refractivity contribution is -0.140. The van der Waals surface area contributed by atoms with Crippen molar-refractivity contribution in [3.8, 4) is 11.8 Å². The summed E-state index contributed by atoms with van der Waals surface area (Å²) in [5.41, 5.74) is 0. The van der Waals surface area contributed by atoms with E-state index in [4.69, 9.17) is 37.9 Å². The second-order valence-electron chi connectivity index (χ2n) is 4.96. The van der Waals surface area contributed by atoms with E-state index < -0.39 is 11.9 Å². The summed E-state index contributed by atoms with van der Waals surface area (Å²) in [4.78, 5) is 22.7. The van der Waals surface area contributed by atoms with Gasteiger partial charge in [0, 0.05) is 26.1 Å². The molecule has 0 aromatic heterocycles. The summed E-state index contributed by atoms with van der Waals surface area (Å²) in [7, 11) is 3.18. The number of methoxy groups -OCH3 is 2. The maximum absolute atomic E-state index is 11.3. The van der Waals surface area contributed by atoms with E-state index in [2.05, 4.69) is 0 Å². The Hall–Kier alpha value is -1.74. The second kappa shape index (κ2) is 21.6. The average molecular weight is 406 g/mol. The van der Waals surface area contributed by atoms with Crippen molar-refractivity contribution in [1.29, 1.82) is 0 Å². The van der Waals surface area contributed by atoms with Crippen molar-refractivity contribution in [2.24, 2.45) is 0 Å². The molecule has 162 valence electrons. The fourth-order valence-corrected chi connectivity index (χ4v) is 1.49. The summed E-state index contributed by atoms with van der Waals surface area (Å²) in [6.07, 6.45) is 0. The number of hydrogen-bond acceptors (Lipinski definition) is 10. The van der Waals surface area contributed by atoms with Gasteiger partial charge in [0.15, 0.2) is 0 Å². The first kappa shape index (κ1) is 26.3. The lowest BCUT2D eigenvalue weighted by Gasteiger charge is -2.05. The molecule has 28 heavy (non-hydrogen) atoms. The van der Waals surface area contributed by atoms with Crippen LogP contribution in [-0.2, 0) is 47.5 Å². The van der Waals surface area contributed by atoms with Crippen LogP contribution in [0.3, 0.4) is 0 Å². The van der Waals surface area contributed by atoms with E-state index in [1.54, 1.807) is 14.2 Å². The normalized spacial score (nSPS) is 10.2. The first-order chi connectivity index (χ1) is 13.7. The summed E-state index contributed by atoms with van der Waals surface area (Å²) in [6.45, 7) is 4.11. The van der Waals surface area contributed by atoms with E-state index in [-0.39, 0.29) is 26.4 Å². The standard InChI is InChI=1S/C18H30O10/c1-21-5-7-23-9-11-25-13-15-27-17(19)3-4-18(20)28-16-14-26-12-10-24-8-6-22-2/h5-16H2,1-2H3. The van der Waals surface area contributed by atoms with Gasteiger partial charge in [-0.3, -0.25) is 0 Å². The zero-order valence-corrected chi connectivity index (χ0v) is 16.6. The third-order valence-corrected chi connectivity index (χ3v) is 2.80. The molecule has 0 rings (SSSR count). The Kier molecular flexibility index (Phi) is 20.2. The SMILES string of the molecule is COCCOCCOCCOC(=O)C#CC(=O)OCCOCCOCCOC. The molecule has 0 amide bonds. The Morgan fingerprint density at radius 2 is 0.786 bits per heavy atom. The quantitative estimate of drug-likeness (QED) is 0.127. The van der Waals surface area contributed by atoms with E-state index in [0.29, 0.717) is 52.9 Å². The molecule has 0 N–H and O–H groups in total. The van der Waals surface area contributed by atoms with Crippen LogP contribution in [0.1, 0.15) is 0 Å². The lowest BCUT2D eigenvalue weighted by atomic mass is 10.5. The molecule has 0 aliphatic heterocycles. The van der Waals surface area contributed by atoms with Crippen LogP contribution in [0.15, 0.2) is 0 Å². The summed E-state index contributed by atoms with van der Waals surface area (Å²) in [5, 5.41) is 0. The molecule has 0 atom stereocenters. The van der Waals surface area contributed by atoms with Gasteiger partial charge in [0.1, 0.15) is 13.2 Å². The third-order valence-electron chi connectivity index (χ3n) is 2.80. The van der Waals surface area contributed by atoms with Gasteiger partial charge in [0.25, 0.3) is 0 Å². The number of rotatable bonds is 18. The van der Waals surface area contributed by atoms with Gasteiger partial charge in [0.05, 0.1) is 66.1 Å². The van der Waals surface area contributed by atoms with Crippen LogP contribution in [0.4, 0.5) is 0 Å². The Balaban J connectivity index is 3.47. The first-order valence-electron chi connectivity index (χ1n) is 8.85. The number of carbonyl (C=O) groups is 2. The van der Waals surface area contributed by atoms with E-state index in [0.717, 1.165) is 0 Å². The van der Waals surface area contributed by atoms with Crippen molar-refractivity contribution >= 4 is 11.9 Å². The maximum Gasteiger partial charge on any atom is 0.385 e. The van der Waals surface area contributed by atoms with Crippen molar-refractivity contribution in [2.45, 2.75) is 0 Å². The highest BCUT2D eigenvalue weighted by molar-refractivity contribution is 5.98. The van der Waals surface area contributed by atoms with Crippen LogP contribution < -0.4 is 0 Å². The largest absolute Gasteiger partial charge is 0.454 e. The van der Waals surface area contributed by atoms with Crippen molar-refractivity contribution in [1.82, 2.24) is 0 Å². The average Bonchev–Trinajstić information content (AvgIpc) is 2.69. The molecule has 0 aromatic rings. The predicted molar refractivity (Wildman–Crippen MR) is 96.7 cm³/mol. The minimum atomic E-state index is -0.832. The monoisotopic (exact) mass is 406 g/mol. The van der Waals surface area contributed by atoms with Gasteiger partial charge in [0.2, 0.25) is 0 Å². The fourth-order valence-electron chi connectivity index (χ4n) is 1.49.